The minimum atomic E-state index is -0.602. The summed E-state index contributed by atoms with van der Waals surface area (Å²) in [6, 6.07) is 12.9. The zero-order valence-corrected chi connectivity index (χ0v) is 15.2. The summed E-state index contributed by atoms with van der Waals surface area (Å²) in [4.78, 5) is 22.4. The molecule has 0 atom stereocenters. The molecule has 0 aromatic heterocycles. The van der Waals surface area contributed by atoms with Crippen molar-refractivity contribution in [3.05, 3.63) is 72.7 Å². The number of rotatable bonds is 4. The summed E-state index contributed by atoms with van der Waals surface area (Å²) < 4.78 is 1.24. The fraction of sp³-hybridized carbons (Fsp3) is 0. The van der Waals surface area contributed by atoms with Gasteiger partial charge < -0.3 is 5.32 Å². The number of hydrogen-bond acceptors (Lipinski definition) is 4. The number of nitro benzene ring substituents is 1. The van der Waals surface area contributed by atoms with Crippen LogP contribution in [-0.2, 0) is 4.79 Å². The number of benzene rings is 2. The highest BCUT2D eigenvalue weighted by Gasteiger charge is 2.14. The monoisotopic (exact) mass is 449 g/mol. The molecule has 6 nitrogen and oxygen atoms in total. The van der Waals surface area contributed by atoms with Crippen LogP contribution in [0.1, 0.15) is 5.56 Å². The summed E-state index contributed by atoms with van der Waals surface area (Å²) in [6.45, 7) is 0. The zero-order valence-electron chi connectivity index (χ0n) is 12.0. The Morgan fingerprint density at radius 2 is 1.88 bits per heavy atom. The van der Waals surface area contributed by atoms with Crippen molar-refractivity contribution in [3.8, 4) is 6.07 Å². The van der Waals surface area contributed by atoms with E-state index in [-0.39, 0.29) is 11.3 Å². The quantitative estimate of drug-likeness (QED) is 0.317. The van der Waals surface area contributed by atoms with E-state index in [0.29, 0.717) is 15.7 Å². The van der Waals surface area contributed by atoms with Crippen LogP contribution < -0.4 is 5.32 Å². The number of anilines is 1. The van der Waals surface area contributed by atoms with Gasteiger partial charge in [0.15, 0.2) is 0 Å². The van der Waals surface area contributed by atoms with E-state index in [4.69, 9.17) is 0 Å². The van der Waals surface area contributed by atoms with Crippen molar-refractivity contribution in [1.29, 1.82) is 5.26 Å². The van der Waals surface area contributed by atoms with Crippen molar-refractivity contribution in [1.82, 2.24) is 0 Å². The second-order valence-electron chi connectivity index (χ2n) is 4.60. The SMILES string of the molecule is N#C/C(=C\c1ccc(Br)cc1)C(=O)Nc1ccc([N+](=O)[O-])cc1Br. The molecule has 2 rings (SSSR count). The standard InChI is InChI=1S/C16H9Br2N3O3/c17-12-3-1-10(2-4-12)7-11(9-19)16(22)20-15-6-5-13(21(23)24)8-14(15)18/h1-8H,(H,20,22)/b11-7+. The highest BCUT2D eigenvalue weighted by Crippen LogP contribution is 2.27. The Hall–Kier alpha value is -2.50. The van der Waals surface area contributed by atoms with Crippen molar-refractivity contribution in [2.24, 2.45) is 0 Å². The first-order valence-corrected chi connectivity index (χ1v) is 8.12. The van der Waals surface area contributed by atoms with Crippen molar-refractivity contribution in [3.63, 3.8) is 0 Å². The summed E-state index contributed by atoms with van der Waals surface area (Å²) in [6.07, 6.45) is 1.46. The van der Waals surface area contributed by atoms with E-state index < -0.39 is 10.8 Å². The molecule has 0 heterocycles. The topological polar surface area (TPSA) is 96.0 Å². The fourth-order valence-electron chi connectivity index (χ4n) is 1.78. The number of carbonyl (C=O) groups is 1. The van der Waals surface area contributed by atoms with Gasteiger partial charge in [0.1, 0.15) is 11.6 Å². The smallest absolute Gasteiger partial charge is 0.270 e. The van der Waals surface area contributed by atoms with E-state index in [1.807, 2.05) is 6.07 Å². The number of non-ortho nitro benzene ring substituents is 1. The van der Waals surface area contributed by atoms with Crippen molar-refractivity contribution >= 4 is 55.2 Å². The van der Waals surface area contributed by atoms with Crippen molar-refractivity contribution in [2.45, 2.75) is 0 Å². The van der Waals surface area contributed by atoms with Crippen LogP contribution in [0.3, 0.4) is 0 Å². The summed E-state index contributed by atoms with van der Waals surface area (Å²) in [5.41, 5.74) is 0.851. The Morgan fingerprint density at radius 3 is 2.42 bits per heavy atom. The van der Waals surface area contributed by atoms with E-state index in [2.05, 4.69) is 37.2 Å². The summed E-state index contributed by atoms with van der Waals surface area (Å²) in [5, 5.41) is 22.4. The molecule has 0 bridgehead atoms. The van der Waals surface area contributed by atoms with Gasteiger partial charge >= 0.3 is 0 Å². The lowest BCUT2D eigenvalue weighted by Gasteiger charge is -2.06. The van der Waals surface area contributed by atoms with Crippen LogP contribution in [-0.4, -0.2) is 10.8 Å². The Kier molecular flexibility index (Phi) is 5.84. The highest BCUT2D eigenvalue weighted by molar-refractivity contribution is 9.10. The van der Waals surface area contributed by atoms with E-state index in [1.165, 1.54) is 24.3 Å². The van der Waals surface area contributed by atoms with Gasteiger partial charge in [-0.05, 0) is 45.8 Å². The maximum atomic E-state index is 12.2. The molecular formula is C16H9Br2N3O3. The fourth-order valence-corrected chi connectivity index (χ4v) is 2.51. The lowest BCUT2D eigenvalue weighted by Crippen LogP contribution is -2.13. The molecule has 0 aliphatic carbocycles. The minimum absolute atomic E-state index is 0.0809. The van der Waals surface area contributed by atoms with E-state index in [1.54, 1.807) is 24.3 Å². The molecule has 0 spiro atoms. The number of nitrogens with zero attached hydrogens (tertiary/aromatic N) is 2. The summed E-state index contributed by atoms with van der Waals surface area (Å²) in [5.74, 6) is -0.602. The van der Waals surface area contributed by atoms with Gasteiger partial charge in [-0.25, -0.2) is 0 Å². The molecule has 0 unspecified atom stereocenters. The number of nitro groups is 1. The van der Waals surface area contributed by atoms with Crippen molar-refractivity contribution in [2.75, 3.05) is 5.32 Å². The van der Waals surface area contributed by atoms with Crippen LogP contribution in [0.4, 0.5) is 11.4 Å². The Balaban J connectivity index is 2.22. The second kappa shape index (κ2) is 7.86. The van der Waals surface area contributed by atoms with Crippen LogP contribution in [0.5, 0.6) is 0 Å². The summed E-state index contributed by atoms with van der Waals surface area (Å²) >= 11 is 6.47. The van der Waals surface area contributed by atoms with E-state index >= 15 is 0 Å². The van der Waals surface area contributed by atoms with Crippen LogP contribution in [0.15, 0.2) is 57.0 Å². The van der Waals surface area contributed by atoms with Crippen LogP contribution >= 0.6 is 31.9 Å². The molecule has 0 fully saturated rings. The van der Waals surface area contributed by atoms with Gasteiger partial charge in [-0.1, -0.05) is 28.1 Å². The molecule has 0 aliphatic rings. The Labute approximate surface area is 154 Å². The first-order valence-electron chi connectivity index (χ1n) is 6.53. The largest absolute Gasteiger partial charge is 0.320 e. The van der Waals surface area contributed by atoms with Gasteiger partial charge in [0.05, 0.1) is 10.6 Å². The van der Waals surface area contributed by atoms with Gasteiger partial charge in [0.2, 0.25) is 0 Å². The highest BCUT2D eigenvalue weighted by atomic mass is 79.9. The molecule has 0 aliphatic heterocycles. The molecule has 24 heavy (non-hydrogen) atoms. The number of carbonyl (C=O) groups excluding carboxylic acids is 1. The number of amides is 1. The summed E-state index contributed by atoms with van der Waals surface area (Å²) in [7, 11) is 0. The van der Waals surface area contributed by atoms with Crippen LogP contribution in [0.25, 0.3) is 6.08 Å². The third-order valence-corrected chi connectivity index (χ3v) is 4.14. The van der Waals surface area contributed by atoms with Gasteiger partial charge in [-0.15, -0.1) is 0 Å². The Bertz CT molecular complexity index is 871. The molecular weight excluding hydrogens is 442 g/mol. The second-order valence-corrected chi connectivity index (χ2v) is 6.37. The molecule has 1 amide bonds. The van der Waals surface area contributed by atoms with Crippen LogP contribution in [0.2, 0.25) is 0 Å². The average molecular weight is 451 g/mol. The molecule has 0 saturated carbocycles. The van der Waals surface area contributed by atoms with E-state index in [9.17, 15) is 20.2 Å². The number of halogens is 2. The Morgan fingerprint density at radius 1 is 1.21 bits per heavy atom. The molecule has 0 saturated heterocycles. The van der Waals surface area contributed by atoms with Gasteiger partial charge in [-0.3, -0.25) is 14.9 Å². The predicted molar refractivity (Wildman–Crippen MR) is 97.2 cm³/mol. The van der Waals surface area contributed by atoms with Crippen molar-refractivity contribution < 1.29 is 9.72 Å². The zero-order chi connectivity index (χ0) is 17.7. The first kappa shape index (κ1) is 17.8. The molecule has 0 radical (unpaired) electrons. The average Bonchev–Trinajstić information content (AvgIpc) is 2.55. The lowest BCUT2D eigenvalue weighted by molar-refractivity contribution is -0.384. The molecule has 2 aromatic rings. The normalized spacial score (nSPS) is 10.8. The van der Waals surface area contributed by atoms with E-state index in [0.717, 1.165) is 4.47 Å². The van der Waals surface area contributed by atoms with Gasteiger partial charge in [0.25, 0.3) is 11.6 Å². The first-order chi connectivity index (χ1) is 11.4. The van der Waals surface area contributed by atoms with Crippen LogP contribution in [0, 0.1) is 21.4 Å². The van der Waals surface area contributed by atoms with Gasteiger partial charge in [-0.2, -0.15) is 5.26 Å². The minimum Gasteiger partial charge on any atom is -0.320 e. The maximum absolute atomic E-state index is 12.2. The number of nitrogens with one attached hydrogen (secondary N) is 1. The maximum Gasteiger partial charge on any atom is 0.270 e. The number of nitriles is 1. The number of hydrogen-bond donors (Lipinski definition) is 1. The third kappa shape index (κ3) is 4.50. The molecule has 1 N–H and O–H groups in total. The lowest BCUT2D eigenvalue weighted by atomic mass is 10.1. The molecule has 2 aromatic carbocycles. The predicted octanol–water partition coefficient (Wildman–Crippen LogP) is 4.67. The molecule has 8 heteroatoms. The molecule has 120 valence electrons. The third-order valence-electron chi connectivity index (χ3n) is 2.96. The van der Waals surface area contributed by atoms with Gasteiger partial charge in [0, 0.05) is 21.1 Å².